The lowest BCUT2D eigenvalue weighted by molar-refractivity contribution is -0.116. The minimum atomic E-state index is -0.123. The summed E-state index contributed by atoms with van der Waals surface area (Å²) in [5.41, 5.74) is 3.08. The third kappa shape index (κ3) is 5.77. The van der Waals surface area contributed by atoms with E-state index in [0.717, 1.165) is 48.1 Å². The van der Waals surface area contributed by atoms with Crippen LogP contribution in [0, 0.1) is 19.8 Å². The number of aliphatic hydroxyl groups is 1. The van der Waals surface area contributed by atoms with Crippen LogP contribution in [0.1, 0.15) is 98.9 Å². The lowest BCUT2D eigenvalue weighted by Gasteiger charge is -2.22. The minimum Gasteiger partial charge on any atom is -0.396 e. The number of carbonyl (C=O) groups is 1. The summed E-state index contributed by atoms with van der Waals surface area (Å²) < 4.78 is 2.31. The first-order valence-electron chi connectivity index (χ1n) is 12.5. The van der Waals surface area contributed by atoms with Crippen LogP contribution in [0.4, 0.5) is 5.69 Å². The number of benzene rings is 1. The molecule has 0 radical (unpaired) electrons. The van der Waals surface area contributed by atoms with E-state index in [9.17, 15) is 9.90 Å². The number of aliphatic hydroxyl groups excluding tert-OH is 1. The van der Waals surface area contributed by atoms with E-state index in [1.807, 2.05) is 26.0 Å². The Morgan fingerprint density at radius 1 is 1.16 bits per heavy atom. The number of hydrogen-bond acceptors (Lipinski definition) is 4. The van der Waals surface area contributed by atoms with E-state index >= 15 is 0 Å². The second kappa shape index (κ2) is 10.6. The highest BCUT2D eigenvalue weighted by molar-refractivity contribution is 5.92. The van der Waals surface area contributed by atoms with Gasteiger partial charge in [-0.25, -0.2) is 0 Å². The molecule has 6 nitrogen and oxygen atoms in total. The highest BCUT2D eigenvalue weighted by Crippen LogP contribution is 2.40. The van der Waals surface area contributed by atoms with E-state index in [0.29, 0.717) is 18.9 Å². The zero-order valence-corrected chi connectivity index (χ0v) is 19.6. The van der Waals surface area contributed by atoms with Gasteiger partial charge >= 0.3 is 0 Å². The minimum absolute atomic E-state index is 0.0375. The molecular formula is C26H38N4O2. The van der Waals surface area contributed by atoms with Gasteiger partial charge in [-0.05, 0) is 57.1 Å². The van der Waals surface area contributed by atoms with Crippen LogP contribution >= 0.6 is 0 Å². The first kappa shape index (κ1) is 23.0. The molecule has 0 bridgehead atoms. The van der Waals surface area contributed by atoms with Crippen LogP contribution in [0.15, 0.2) is 18.2 Å². The van der Waals surface area contributed by atoms with Crippen molar-refractivity contribution < 1.29 is 9.90 Å². The largest absolute Gasteiger partial charge is 0.396 e. The zero-order chi connectivity index (χ0) is 22.5. The summed E-state index contributed by atoms with van der Waals surface area (Å²) in [5, 5.41) is 21.9. The summed E-state index contributed by atoms with van der Waals surface area (Å²) in [4.78, 5) is 12.9. The van der Waals surface area contributed by atoms with Gasteiger partial charge in [0.1, 0.15) is 11.6 Å². The van der Waals surface area contributed by atoms with Crippen molar-refractivity contribution in [3.63, 3.8) is 0 Å². The quantitative estimate of drug-likeness (QED) is 0.532. The molecule has 2 saturated carbocycles. The maximum absolute atomic E-state index is 12.9. The van der Waals surface area contributed by atoms with Gasteiger partial charge in [-0.1, -0.05) is 49.8 Å². The predicted molar refractivity (Wildman–Crippen MR) is 127 cm³/mol. The molecule has 1 aromatic carbocycles. The van der Waals surface area contributed by atoms with Gasteiger partial charge in [-0.2, -0.15) is 0 Å². The predicted octanol–water partition coefficient (Wildman–Crippen LogP) is 5.24. The first-order chi connectivity index (χ1) is 15.5. The van der Waals surface area contributed by atoms with Crippen LogP contribution in [0.2, 0.25) is 0 Å². The number of nitrogens with one attached hydrogen (secondary N) is 1. The summed E-state index contributed by atoms with van der Waals surface area (Å²) in [6, 6.07) is 6.50. The molecule has 2 aliphatic rings. The molecule has 0 saturated heterocycles. The van der Waals surface area contributed by atoms with Crippen molar-refractivity contribution in [2.45, 2.75) is 96.4 Å². The normalized spacial score (nSPS) is 18.0. The molecule has 0 unspecified atom stereocenters. The summed E-state index contributed by atoms with van der Waals surface area (Å²) in [7, 11) is 0. The number of hydrogen-bond donors (Lipinski definition) is 2. The number of rotatable bonds is 10. The van der Waals surface area contributed by atoms with E-state index in [1.165, 1.54) is 44.1 Å². The molecule has 2 aromatic rings. The number of anilines is 1. The van der Waals surface area contributed by atoms with Gasteiger partial charge in [-0.15, -0.1) is 10.2 Å². The van der Waals surface area contributed by atoms with E-state index in [2.05, 4.69) is 26.1 Å². The molecule has 2 fully saturated rings. The van der Waals surface area contributed by atoms with Gasteiger partial charge in [0.25, 0.3) is 0 Å². The summed E-state index contributed by atoms with van der Waals surface area (Å²) in [6.45, 7) is 4.10. The first-order valence-corrected chi connectivity index (χ1v) is 12.5. The number of carbonyl (C=O) groups excluding carboxylic acids is 1. The van der Waals surface area contributed by atoms with Gasteiger partial charge in [-0.3, -0.25) is 4.79 Å². The van der Waals surface area contributed by atoms with Crippen molar-refractivity contribution in [1.29, 1.82) is 0 Å². The van der Waals surface area contributed by atoms with E-state index in [4.69, 9.17) is 0 Å². The number of amides is 1. The monoisotopic (exact) mass is 438 g/mol. The number of nitrogens with zero attached hydrogens (tertiary/aromatic N) is 3. The fourth-order valence-corrected chi connectivity index (χ4v) is 5.18. The van der Waals surface area contributed by atoms with Crippen LogP contribution in [-0.4, -0.2) is 32.4 Å². The maximum Gasteiger partial charge on any atom is 0.225 e. The molecule has 1 aromatic heterocycles. The smallest absolute Gasteiger partial charge is 0.225 e. The van der Waals surface area contributed by atoms with Crippen molar-refractivity contribution in [2.24, 2.45) is 5.92 Å². The Labute approximate surface area is 191 Å². The summed E-state index contributed by atoms with van der Waals surface area (Å²) in [6.07, 6.45) is 12.1. The molecule has 32 heavy (non-hydrogen) atoms. The van der Waals surface area contributed by atoms with Crippen LogP contribution < -0.4 is 5.32 Å². The highest BCUT2D eigenvalue weighted by atomic mass is 16.3. The Morgan fingerprint density at radius 3 is 2.62 bits per heavy atom. The molecule has 4 rings (SSSR count). The third-order valence-electron chi connectivity index (χ3n) is 7.14. The second-order valence-corrected chi connectivity index (χ2v) is 9.90. The highest BCUT2D eigenvalue weighted by Gasteiger charge is 2.33. The van der Waals surface area contributed by atoms with Crippen molar-refractivity contribution in [1.82, 2.24) is 14.8 Å². The number of aromatic nitrogens is 3. The van der Waals surface area contributed by atoms with Gasteiger partial charge in [0.15, 0.2) is 0 Å². The van der Waals surface area contributed by atoms with Gasteiger partial charge in [0, 0.05) is 37.1 Å². The average Bonchev–Trinajstić information content (AvgIpc) is 3.53. The molecule has 0 spiro atoms. The van der Waals surface area contributed by atoms with Gasteiger partial charge in [0.2, 0.25) is 5.91 Å². The van der Waals surface area contributed by atoms with Crippen LogP contribution in [-0.2, 0) is 11.2 Å². The zero-order valence-electron chi connectivity index (χ0n) is 19.6. The molecule has 2 aliphatic carbocycles. The van der Waals surface area contributed by atoms with E-state index in [1.54, 1.807) is 0 Å². The van der Waals surface area contributed by atoms with Crippen molar-refractivity contribution >= 4 is 11.6 Å². The number of aryl methyl sites for hydroxylation is 3. The summed E-state index contributed by atoms with van der Waals surface area (Å²) in [5.74, 6) is 2.61. The second-order valence-electron chi connectivity index (χ2n) is 9.90. The Morgan fingerprint density at radius 2 is 1.94 bits per heavy atom. The molecule has 1 heterocycles. The molecule has 6 heteroatoms. The lowest BCUT2D eigenvalue weighted by atomic mass is 9.86. The van der Waals surface area contributed by atoms with Crippen LogP contribution in [0.5, 0.6) is 0 Å². The van der Waals surface area contributed by atoms with E-state index < -0.39 is 0 Å². The fourth-order valence-electron chi connectivity index (χ4n) is 5.18. The third-order valence-corrected chi connectivity index (χ3v) is 7.14. The lowest BCUT2D eigenvalue weighted by Crippen LogP contribution is -2.20. The Bertz CT molecular complexity index is 913. The van der Waals surface area contributed by atoms with Crippen LogP contribution in [0.25, 0.3) is 0 Å². The van der Waals surface area contributed by atoms with Gasteiger partial charge in [0.05, 0.1) is 0 Å². The Balaban J connectivity index is 1.46. The molecular weight excluding hydrogens is 400 g/mol. The Hall–Kier alpha value is -2.21. The standard InChI is InChI=1S/C26H38N4O2/c1-18-8-12-23(19(2)16-18)27-25(32)17-21(14-15-31)26-29-28-24(30(26)22-10-11-22)13-9-20-6-4-3-5-7-20/h8,12,16,20-22,31H,3-7,9-11,13-15,17H2,1-2H3,(H,27,32)/t21-/m1/s1. The van der Waals surface area contributed by atoms with E-state index in [-0.39, 0.29) is 18.4 Å². The van der Waals surface area contributed by atoms with Crippen molar-refractivity contribution in [2.75, 3.05) is 11.9 Å². The molecule has 1 atom stereocenters. The van der Waals surface area contributed by atoms with Gasteiger partial charge < -0.3 is 15.0 Å². The van der Waals surface area contributed by atoms with Crippen LogP contribution in [0.3, 0.4) is 0 Å². The van der Waals surface area contributed by atoms with Crippen molar-refractivity contribution in [3.8, 4) is 0 Å². The molecule has 2 N–H and O–H groups in total. The maximum atomic E-state index is 12.9. The molecule has 1 amide bonds. The Kier molecular flexibility index (Phi) is 7.61. The fraction of sp³-hybridized carbons (Fsp3) is 0.654. The van der Waals surface area contributed by atoms with Crippen molar-refractivity contribution in [3.05, 3.63) is 41.0 Å². The molecule has 174 valence electrons. The topological polar surface area (TPSA) is 80.0 Å². The molecule has 0 aliphatic heterocycles. The SMILES string of the molecule is Cc1ccc(NC(=O)C[C@@H](CCO)c2nnc(CCC3CCCCC3)n2C2CC2)c(C)c1. The summed E-state index contributed by atoms with van der Waals surface area (Å²) >= 11 is 0. The average molecular weight is 439 g/mol.